The van der Waals surface area contributed by atoms with Crippen molar-refractivity contribution in [2.75, 3.05) is 6.61 Å². The fraction of sp³-hybridized carbons (Fsp3) is 0.682. The molecule has 0 aromatic rings. The average Bonchev–Trinajstić information content (AvgIpc) is 2.87. The van der Waals surface area contributed by atoms with Crippen molar-refractivity contribution in [1.82, 2.24) is 0 Å². The van der Waals surface area contributed by atoms with Crippen LogP contribution in [0.3, 0.4) is 0 Å². The molecule has 4 aliphatic rings. The molecule has 0 saturated heterocycles. The van der Waals surface area contributed by atoms with E-state index in [1.807, 2.05) is 13.8 Å². The smallest absolute Gasteiger partial charge is 0.190 e. The topological polar surface area (TPSA) is 91.7 Å². The Labute approximate surface area is 159 Å². The quantitative estimate of drug-likeness (QED) is 0.775. The summed E-state index contributed by atoms with van der Waals surface area (Å²) in [4.78, 5) is 37.8. The maximum atomic E-state index is 13.4. The Balaban J connectivity index is 1.79. The summed E-state index contributed by atoms with van der Waals surface area (Å²) in [6.07, 6.45) is 6.03. The number of allylic oxidation sites excluding steroid dienone is 4. The molecular weight excluding hydrogens is 344 g/mol. The third-order valence-corrected chi connectivity index (χ3v) is 8.55. The van der Waals surface area contributed by atoms with Crippen LogP contribution in [0.25, 0.3) is 0 Å². The SMILES string of the molecule is CC1=CC(=O)C=C2CC[C@@H]3[C@H](C(=O)C[C@@]4(C)[C@H]3CC[C@]4(O)C(=O)CO)[C@]12C. The van der Waals surface area contributed by atoms with Crippen molar-refractivity contribution in [3.8, 4) is 0 Å². The molecule has 0 spiro atoms. The first-order chi connectivity index (χ1) is 12.6. The Hall–Kier alpha value is -1.59. The van der Waals surface area contributed by atoms with Gasteiger partial charge < -0.3 is 10.2 Å². The minimum Gasteiger partial charge on any atom is -0.388 e. The van der Waals surface area contributed by atoms with Gasteiger partial charge in [-0.25, -0.2) is 0 Å². The summed E-state index contributed by atoms with van der Waals surface area (Å²) in [6.45, 7) is 5.17. The maximum Gasteiger partial charge on any atom is 0.190 e. The van der Waals surface area contributed by atoms with Gasteiger partial charge in [0.15, 0.2) is 11.6 Å². The molecule has 3 fully saturated rings. The highest BCUT2D eigenvalue weighted by Gasteiger charge is 2.68. The van der Waals surface area contributed by atoms with Crippen LogP contribution in [0, 0.1) is 28.6 Å². The minimum atomic E-state index is -1.63. The summed E-state index contributed by atoms with van der Waals surface area (Å²) in [5.74, 6) is -0.581. The second-order valence-electron chi connectivity index (χ2n) is 9.43. The van der Waals surface area contributed by atoms with Crippen LogP contribution in [-0.4, -0.2) is 39.8 Å². The molecule has 0 aromatic heterocycles. The number of hydrogen-bond donors (Lipinski definition) is 2. The zero-order valence-electron chi connectivity index (χ0n) is 16.2. The molecule has 0 bridgehead atoms. The number of Topliss-reactive ketones (excluding diaryl/α,β-unsaturated/α-hetero) is 2. The third kappa shape index (κ3) is 2.16. The largest absolute Gasteiger partial charge is 0.388 e. The summed E-state index contributed by atoms with van der Waals surface area (Å²) < 4.78 is 0. The van der Waals surface area contributed by atoms with Crippen molar-refractivity contribution in [1.29, 1.82) is 0 Å². The summed E-state index contributed by atoms with van der Waals surface area (Å²) in [5.41, 5.74) is -0.916. The number of fused-ring (bicyclic) bond motifs is 5. The van der Waals surface area contributed by atoms with Gasteiger partial charge in [0.1, 0.15) is 18.0 Å². The van der Waals surface area contributed by atoms with Crippen molar-refractivity contribution in [3.63, 3.8) is 0 Å². The Morgan fingerprint density at radius 1 is 1.22 bits per heavy atom. The molecule has 0 amide bonds. The summed E-state index contributed by atoms with van der Waals surface area (Å²) in [6, 6.07) is 0. The minimum absolute atomic E-state index is 0.00435. The van der Waals surface area contributed by atoms with Crippen LogP contribution < -0.4 is 0 Å². The summed E-state index contributed by atoms with van der Waals surface area (Å²) in [7, 11) is 0. The van der Waals surface area contributed by atoms with Crippen molar-refractivity contribution >= 4 is 17.3 Å². The zero-order chi connectivity index (χ0) is 19.8. The molecule has 4 aliphatic carbocycles. The van der Waals surface area contributed by atoms with E-state index >= 15 is 0 Å². The van der Waals surface area contributed by atoms with Crippen LogP contribution in [0.4, 0.5) is 0 Å². The number of carbonyl (C=O) groups excluding carboxylic acids is 3. The highest BCUT2D eigenvalue weighted by molar-refractivity contribution is 6.02. The predicted octanol–water partition coefficient (Wildman–Crippen LogP) is 2.16. The van der Waals surface area contributed by atoms with Crippen molar-refractivity contribution < 1.29 is 24.6 Å². The average molecular weight is 372 g/mol. The van der Waals surface area contributed by atoms with Gasteiger partial charge in [0.05, 0.1) is 0 Å². The highest BCUT2D eigenvalue weighted by Crippen LogP contribution is 2.66. The van der Waals surface area contributed by atoms with Gasteiger partial charge in [-0.05, 0) is 56.6 Å². The van der Waals surface area contributed by atoms with Crippen LogP contribution in [0.2, 0.25) is 0 Å². The Bertz CT molecular complexity index is 808. The summed E-state index contributed by atoms with van der Waals surface area (Å²) in [5, 5.41) is 20.6. The second-order valence-corrected chi connectivity index (χ2v) is 9.43. The van der Waals surface area contributed by atoms with Gasteiger partial charge in [-0.15, -0.1) is 0 Å². The van der Waals surface area contributed by atoms with Crippen LogP contribution in [0.15, 0.2) is 23.3 Å². The lowest BCUT2D eigenvalue weighted by Gasteiger charge is -2.57. The first kappa shape index (κ1) is 18.8. The second kappa shape index (κ2) is 5.71. The monoisotopic (exact) mass is 372 g/mol. The van der Waals surface area contributed by atoms with Crippen LogP contribution in [-0.2, 0) is 14.4 Å². The Morgan fingerprint density at radius 3 is 2.59 bits per heavy atom. The van der Waals surface area contributed by atoms with Gasteiger partial charge in [0.25, 0.3) is 0 Å². The van der Waals surface area contributed by atoms with Gasteiger partial charge in [-0.1, -0.05) is 25.0 Å². The predicted molar refractivity (Wildman–Crippen MR) is 98.7 cm³/mol. The summed E-state index contributed by atoms with van der Waals surface area (Å²) >= 11 is 0. The van der Waals surface area contributed by atoms with Gasteiger partial charge in [-0.2, -0.15) is 0 Å². The van der Waals surface area contributed by atoms with E-state index in [2.05, 4.69) is 6.92 Å². The number of aliphatic hydroxyl groups excluding tert-OH is 1. The Morgan fingerprint density at radius 2 is 1.93 bits per heavy atom. The van der Waals surface area contributed by atoms with E-state index in [1.165, 1.54) is 0 Å². The van der Waals surface area contributed by atoms with E-state index < -0.39 is 28.8 Å². The number of aliphatic hydroxyl groups is 2. The molecule has 5 heteroatoms. The van der Waals surface area contributed by atoms with Crippen LogP contribution >= 0.6 is 0 Å². The molecular formula is C22H28O5. The molecule has 27 heavy (non-hydrogen) atoms. The maximum absolute atomic E-state index is 13.4. The molecule has 4 rings (SSSR count). The van der Waals surface area contributed by atoms with Gasteiger partial charge >= 0.3 is 0 Å². The lowest BCUT2D eigenvalue weighted by Crippen LogP contribution is -2.61. The number of carbonyl (C=O) groups is 3. The molecule has 0 radical (unpaired) electrons. The van der Waals surface area contributed by atoms with Crippen molar-refractivity contribution in [2.24, 2.45) is 28.6 Å². The lowest BCUT2D eigenvalue weighted by atomic mass is 9.45. The van der Waals surface area contributed by atoms with Crippen molar-refractivity contribution in [2.45, 2.75) is 58.5 Å². The molecule has 2 N–H and O–H groups in total. The molecule has 5 nitrogen and oxygen atoms in total. The van der Waals surface area contributed by atoms with E-state index in [-0.39, 0.29) is 35.7 Å². The molecule has 3 saturated carbocycles. The van der Waals surface area contributed by atoms with Gasteiger partial charge in [0, 0.05) is 23.2 Å². The van der Waals surface area contributed by atoms with E-state index in [0.29, 0.717) is 12.8 Å². The number of hydrogen-bond acceptors (Lipinski definition) is 5. The van der Waals surface area contributed by atoms with E-state index in [1.54, 1.807) is 12.2 Å². The molecule has 0 heterocycles. The highest BCUT2D eigenvalue weighted by atomic mass is 16.3. The van der Waals surface area contributed by atoms with Gasteiger partial charge in [-0.3, -0.25) is 14.4 Å². The normalized spacial score (nSPS) is 46.2. The Kier molecular flexibility index (Phi) is 3.97. The fourth-order valence-electron chi connectivity index (χ4n) is 6.97. The van der Waals surface area contributed by atoms with Crippen LogP contribution in [0.1, 0.15) is 52.9 Å². The molecule has 6 atom stereocenters. The lowest BCUT2D eigenvalue weighted by molar-refractivity contribution is -0.169. The van der Waals surface area contributed by atoms with Crippen LogP contribution in [0.5, 0.6) is 0 Å². The first-order valence-electron chi connectivity index (χ1n) is 9.92. The van der Waals surface area contributed by atoms with Gasteiger partial charge in [0.2, 0.25) is 0 Å². The number of ketones is 3. The standard InChI is InChI=1S/C22H28O5/c1-12-8-14(24)9-13-4-5-15-16-6-7-22(27,18(26)11-23)20(16,2)10-17(25)19(15)21(12,13)3/h8-9,15-16,19,23,27H,4-7,10-11H2,1-3H3/t15-,16-,19+,20-,21+,22-/m0/s1. The van der Waals surface area contributed by atoms with E-state index in [0.717, 1.165) is 24.0 Å². The molecule has 0 unspecified atom stereocenters. The first-order valence-corrected chi connectivity index (χ1v) is 9.92. The molecule has 0 aromatic carbocycles. The zero-order valence-corrected chi connectivity index (χ0v) is 16.2. The molecule has 0 aliphatic heterocycles. The third-order valence-electron chi connectivity index (χ3n) is 8.55. The molecule has 146 valence electrons. The fourth-order valence-corrected chi connectivity index (χ4v) is 6.97. The van der Waals surface area contributed by atoms with E-state index in [4.69, 9.17) is 0 Å². The van der Waals surface area contributed by atoms with E-state index in [9.17, 15) is 24.6 Å². The number of rotatable bonds is 2. The van der Waals surface area contributed by atoms with Crippen molar-refractivity contribution in [3.05, 3.63) is 23.3 Å².